The quantitative estimate of drug-likeness (QED) is 0.736. The van der Waals surface area contributed by atoms with E-state index in [0.717, 1.165) is 25.3 Å². The van der Waals surface area contributed by atoms with Crippen molar-refractivity contribution in [2.75, 3.05) is 33.4 Å². The summed E-state index contributed by atoms with van der Waals surface area (Å²) >= 11 is 0. The Morgan fingerprint density at radius 3 is 3.00 bits per heavy atom. The zero-order chi connectivity index (χ0) is 13.7. The van der Waals surface area contributed by atoms with E-state index in [4.69, 9.17) is 9.47 Å². The molecule has 4 heteroatoms. The first-order valence-corrected chi connectivity index (χ1v) is 6.75. The van der Waals surface area contributed by atoms with Crippen molar-refractivity contribution in [3.63, 3.8) is 0 Å². The molecule has 0 amide bonds. The van der Waals surface area contributed by atoms with E-state index in [1.807, 2.05) is 18.2 Å². The molecule has 0 N–H and O–H groups in total. The van der Waals surface area contributed by atoms with Gasteiger partial charge in [-0.25, -0.2) is 0 Å². The van der Waals surface area contributed by atoms with Gasteiger partial charge in [0, 0.05) is 18.0 Å². The summed E-state index contributed by atoms with van der Waals surface area (Å²) in [7, 11) is 1.43. The molecule has 4 nitrogen and oxygen atoms in total. The van der Waals surface area contributed by atoms with Crippen LogP contribution in [0.5, 0.6) is 5.75 Å². The number of ether oxygens (including phenoxy) is 2. The second-order valence-corrected chi connectivity index (χ2v) is 4.86. The van der Waals surface area contributed by atoms with E-state index >= 15 is 0 Å². The van der Waals surface area contributed by atoms with Crippen molar-refractivity contribution in [2.24, 2.45) is 0 Å². The van der Waals surface area contributed by atoms with Gasteiger partial charge in [-0.3, -0.25) is 9.69 Å². The minimum absolute atomic E-state index is 0.180. The molecule has 0 aromatic heterocycles. The number of carbonyl (C=O) groups is 1. The molecule has 1 heterocycles. The van der Waals surface area contributed by atoms with E-state index in [-0.39, 0.29) is 5.97 Å². The van der Waals surface area contributed by atoms with Crippen LogP contribution in [-0.2, 0) is 9.53 Å². The standard InChI is InChI=1S/C15H21NO3/c1-3-8-16(10-15(17)18-2)9-12-11-19-14-7-5-4-6-13(12)14/h4-7,12H,3,8-11H2,1-2H3. The molecule has 1 atom stereocenters. The molecule has 0 radical (unpaired) electrons. The van der Waals surface area contributed by atoms with E-state index in [1.54, 1.807) is 0 Å². The number of nitrogens with zero attached hydrogens (tertiary/aromatic N) is 1. The fourth-order valence-corrected chi connectivity index (χ4v) is 2.49. The topological polar surface area (TPSA) is 38.8 Å². The second kappa shape index (κ2) is 6.57. The van der Waals surface area contributed by atoms with Crippen LogP contribution < -0.4 is 4.74 Å². The third-order valence-corrected chi connectivity index (χ3v) is 3.40. The first-order valence-electron chi connectivity index (χ1n) is 6.75. The highest BCUT2D eigenvalue weighted by Gasteiger charge is 2.26. The van der Waals surface area contributed by atoms with Gasteiger partial charge < -0.3 is 9.47 Å². The molecule has 0 saturated heterocycles. The molecule has 0 fully saturated rings. The first kappa shape index (κ1) is 13.9. The van der Waals surface area contributed by atoms with Gasteiger partial charge in [-0.1, -0.05) is 25.1 Å². The molecule has 2 rings (SSSR count). The Balaban J connectivity index is 2.00. The smallest absolute Gasteiger partial charge is 0.319 e. The lowest BCUT2D eigenvalue weighted by atomic mass is 10.0. The Bertz CT molecular complexity index is 433. The van der Waals surface area contributed by atoms with Crippen LogP contribution in [0.1, 0.15) is 24.8 Å². The number of para-hydroxylation sites is 1. The van der Waals surface area contributed by atoms with Gasteiger partial charge in [0.15, 0.2) is 0 Å². The lowest BCUT2D eigenvalue weighted by molar-refractivity contribution is -0.142. The summed E-state index contributed by atoms with van der Waals surface area (Å²) in [5.74, 6) is 1.13. The Hall–Kier alpha value is -1.55. The highest BCUT2D eigenvalue weighted by Crippen LogP contribution is 2.33. The van der Waals surface area contributed by atoms with Crippen molar-refractivity contribution in [3.8, 4) is 5.75 Å². The zero-order valence-electron chi connectivity index (χ0n) is 11.6. The van der Waals surface area contributed by atoms with E-state index in [0.29, 0.717) is 19.1 Å². The van der Waals surface area contributed by atoms with Gasteiger partial charge in [0.05, 0.1) is 20.3 Å². The van der Waals surface area contributed by atoms with Crippen LogP contribution in [-0.4, -0.2) is 44.2 Å². The van der Waals surface area contributed by atoms with Crippen molar-refractivity contribution in [2.45, 2.75) is 19.3 Å². The minimum atomic E-state index is -0.180. The van der Waals surface area contributed by atoms with Crippen LogP contribution >= 0.6 is 0 Å². The summed E-state index contributed by atoms with van der Waals surface area (Å²) in [6.07, 6.45) is 1.02. The number of methoxy groups -OCH3 is 1. The number of hydrogen-bond acceptors (Lipinski definition) is 4. The maximum Gasteiger partial charge on any atom is 0.319 e. The maximum absolute atomic E-state index is 11.4. The number of benzene rings is 1. The van der Waals surface area contributed by atoms with Gasteiger partial charge in [-0.05, 0) is 19.0 Å². The average Bonchev–Trinajstić information content (AvgIpc) is 2.82. The van der Waals surface area contributed by atoms with Crippen molar-refractivity contribution in [1.29, 1.82) is 0 Å². The molecule has 0 aliphatic carbocycles. The molecule has 1 aliphatic heterocycles. The van der Waals surface area contributed by atoms with Crippen LogP contribution in [0.3, 0.4) is 0 Å². The summed E-state index contributed by atoms with van der Waals surface area (Å²) in [6, 6.07) is 8.12. The molecule has 0 spiro atoms. The molecule has 0 bridgehead atoms. The third kappa shape index (κ3) is 3.47. The van der Waals surface area contributed by atoms with Gasteiger partial charge in [0.2, 0.25) is 0 Å². The number of rotatable bonds is 6. The fourth-order valence-electron chi connectivity index (χ4n) is 2.49. The monoisotopic (exact) mass is 263 g/mol. The van der Waals surface area contributed by atoms with Gasteiger partial charge >= 0.3 is 5.97 Å². The number of carbonyl (C=O) groups excluding carboxylic acids is 1. The predicted octanol–water partition coefficient (Wildman–Crippen LogP) is 2.05. The Morgan fingerprint density at radius 2 is 2.26 bits per heavy atom. The number of fused-ring (bicyclic) bond motifs is 1. The molecule has 19 heavy (non-hydrogen) atoms. The summed E-state index contributed by atoms with van der Waals surface area (Å²) in [4.78, 5) is 13.6. The van der Waals surface area contributed by atoms with Crippen molar-refractivity contribution >= 4 is 5.97 Å². The molecular weight excluding hydrogens is 242 g/mol. The first-order chi connectivity index (χ1) is 9.24. The highest BCUT2D eigenvalue weighted by molar-refractivity contribution is 5.71. The molecule has 1 aliphatic rings. The average molecular weight is 263 g/mol. The SMILES string of the molecule is CCCN(CC(=O)OC)CC1COc2ccccc21. The van der Waals surface area contributed by atoms with Crippen molar-refractivity contribution in [1.82, 2.24) is 4.90 Å². The Kier molecular flexibility index (Phi) is 4.80. The predicted molar refractivity (Wildman–Crippen MR) is 73.4 cm³/mol. The van der Waals surface area contributed by atoms with Crippen LogP contribution in [0.4, 0.5) is 0 Å². The molecule has 1 aromatic rings. The summed E-state index contributed by atoms with van der Waals surface area (Å²) in [5.41, 5.74) is 1.24. The van der Waals surface area contributed by atoms with Crippen LogP contribution in [0.2, 0.25) is 0 Å². The van der Waals surface area contributed by atoms with Crippen molar-refractivity contribution < 1.29 is 14.3 Å². The number of esters is 1. The minimum Gasteiger partial charge on any atom is -0.493 e. The summed E-state index contributed by atoms with van der Waals surface area (Å²) in [6.45, 7) is 4.89. The normalized spacial score (nSPS) is 17.1. The van der Waals surface area contributed by atoms with Gasteiger partial charge in [-0.2, -0.15) is 0 Å². The van der Waals surface area contributed by atoms with Crippen LogP contribution in [0.25, 0.3) is 0 Å². The summed E-state index contributed by atoms with van der Waals surface area (Å²) in [5, 5.41) is 0. The lowest BCUT2D eigenvalue weighted by Gasteiger charge is -2.23. The third-order valence-electron chi connectivity index (χ3n) is 3.40. The maximum atomic E-state index is 11.4. The molecule has 1 aromatic carbocycles. The molecule has 1 unspecified atom stereocenters. The van der Waals surface area contributed by atoms with Crippen LogP contribution in [0, 0.1) is 0 Å². The highest BCUT2D eigenvalue weighted by atomic mass is 16.5. The van der Waals surface area contributed by atoms with E-state index in [1.165, 1.54) is 12.7 Å². The van der Waals surface area contributed by atoms with Crippen molar-refractivity contribution in [3.05, 3.63) is 29.8 Å². The zero-order valence-corrected chi connectivity index (χ0v) is 11.6. The van der Waals surface area contributed by atoms with Gasteiger partial charge in [0.25, 0.3) is 0 Å². The van der Waals surface area contributed by atoms with Gasteiger partial charge in [0.1, 0.15) is 5.75 Å². The Morgan fingerprint density at radius 1 is 1.47 bits per heavy atom. The molecule has 0 saturated carbocycles. The number of hydrogen-bond donors (Lipinski definition) is 0. The van der Waals surface area contributed by atoms with E-state index in [9.17, 15) is 4.79 Å². The Labute approximate surface area is 114 Å². The second-order valence-electron chi connectivity index (χ2n) is 4.86. The van der Waals surface area contributed by atoms with Crippen LogP contribution in [0.15, 0.2) is 24.3 Å². The fraction of sp³-hybridized carbons (Fsp3) is 0.533. The van der Waals surface area contributed by atoms with Gasteiger partial charge in [-0.15, -0.1) is 0 Å². The molecular formula is C15H21NO3. The summed E-state index contributed by atoms with van der Waals surface area (Å²) < 4.78 is 10.4. The largest absolute Gasteiger partial charge is 0.493 e. The lowest BCUT2D eigenvalue weighted by Crippen LogP contribution is -2.35. The van der Waals surface area contributed by atoms with E-state index < -0.39 is 0 Å². The molecule has 104 valence electrons. The van der Waals surface area contributed by atoms with E-state index in [2.05, 4.69) is 17.9 Å².